The Kier molecular flexibility index (Phi) is 13.6. The molecule has 0 unspecified atom stereocenters. The van der Waals surface area contributed by atoms with E-state index in [4.69, 9.17) is 0 Å². The molecule has 0 fully saturated rings. The van der Waals surface area contributed by atoms with Gasteiger partial charge in [0.25, 0.3) is 19.7 Å². The monoisotopic (exact) mass is 822 g/mol. The molecule has 0 spiro atoms. The predicted octanol–water partition coefficient (Wildman–Crippen LogP) is -1.60. The van der Waals surface area contributed by atoms with Crippen LogP contribution in [0.3, 0.4) is 0 Å². The van der Waals surface area contributed by atoms with E-state index in [-0.39, 0.29) is 85.9 Å². The molecule has 31 heteroatoms. The zero-order chi connectivity index (χ0) is 37.4. The Morgan fingerprint density at radius 3 is 0.918 bits per heavy atom. The largest absolute Gasteiger partial charge is 1.00 e. The molecule has 0 heterocycles. The van der Waals surface area contributed by atoms with Gasteiger partial charge in [0.15, 0.2) is 20.2 Å². The molecule has 2 aromatic rings. The quantitative estimate of drug-likeness (QED) is 0.137. The number of alkyl halides is 12. The average Bonchev–Trinajstić information content (AvgIpc) is 2.86. The van der Waals surface area contributed by atoms with E-state index < -0.39 is 104 Å². The van der Waals surface area contributed by atoms with E-state index in [0.29, 0.717) is 0 Å². The van der Waals surface area contributed by atoms with Crippen LogP contribution < -0.4 is 37.7 Å². The summed E-state index contributed by atoms with van der Waals surface area (Å²) in [6.45, 7) is 0. The molecule has 0 N–H and O–H groups in total. The van der Waals surface area contributed by atoms with Crippen LogP contribution in [0.5, 0.6) is 0 Å². The van der Waals surface area contributed by atoms with E-state index in [2.05, 4.69) is 0 Å². The van der Waals surface area contributed by atoms with E-state index >= 15 is 0 Å². The fourth-order valence-corrected chi connectivity index (χ4v) is 7.42. The molecule has 0 aliphatic heterocycles. The van der Waals surface area contributed by atoms with Crippen LogP contribution in [-0.2, 0) is 39.9 Å². The Balaban J connectivity index is 0.0000115. The first kappa shape index (κ1) is 47.7. The third-order valence-corrected chi connectivity index (χ3v) is 11.8. The van der Waals surface area contributed by atoms with Crippen LogP contribution in [0.1, 0.15) is 0 Å². The minimum Gasteiger partial charge on any atom is -0.743 e. The summed E-state index contributed by atoms with van der Waals surface area (Å²) in [6.07, 6.45) is 0. The third-order valence-electron chi connectivity index (χ3n) is 5.39. The zero-order valence-electron chi connectivity index (χ0n) is 22.9. The maximum Gasteiger partial charge on any atom is 1.00 e. The summed E-state index contributed by atoms with van der Waals surface area (Å²) in [4.78, 5) is -6.73. The number of hydrogen-bond donors (Lipinski definition) is 0. The van der Waals surface area contributed by atoms with Gasteiger partial charge in [-0.05, 0) is 36.4 Å². The van der Waals surface area contributed by atoms with Gasteiger partial charge in [-0.3, -0.25) is 0 Å². The Labute approximate surface area is 292 Å². The first-order chi connectivity index (χ1) is 20.5. The van der Waals surface area contributed by atoms with Gasteiger partial charge in [-0.15, -0.1) is 0 Å². The third kappa shape index (κ3) is 7.36. The molecular weight excluding hydrogens is 816 g/mol. The maximum atomic E-state index is 14.4. The molecule has 0 bridgehead atoms. The minimum absolute atomic E-state index is 0. The summed E-state index contributed by atoms with van der Waals surface area (Å²) in [5.41, 5.74) is 0. The first-order valence-corrected chi connectivity index (χ1v) is 17.0. The van der Waals surface area contributed by atoms with Crippen molar-refractivity contribution < 1.29 is 142 Å². The standard InChI is InChI=1S/C18H8F14O10S5.2Li/c19-9-5-7(1-3-11(9)44(33,34)15(25,26)13(21,22)17(29,30)46(37,38)39)43-8-2-4-12(10(20)6-8)45(35,36)16(27,28)14(23,24)18(31,32)47(40,41)42;;/h1-6H,(H,37,38,39)(H,40,41,42);;/q;2*+1/p-2. The van der Waals surface area contributed by atoms with E-state index in [1.165, 1.54) is 0 Å². The Morgan fingerprint density at radius 1 is 0.469 bits per heavy atom. The van der Waals surface area contributed by atoms with Crippen molar-refractivity contribution in [3.05, 3.63) is 48.0 Å². The molecule has 2 aromatic carbocycles. The van der Waals surface area contributed by atoms with Crippen LogP contribution >= 0.6 is 11.8 Å². The van der Waals surface area contributed by atoms with Crippen molar-refractivity contribution in [3.8, 4) is 0 Å². The summed E-state index contributed by atoms with van der Waals surface area (Å²) in [6, 6.07) is -0.750. The molecule has 2 rings (SSSR count). The SMILES string of the molecule is O=S(=O)([O-])C(F)(F)C(F)(F)C(F)(F)S(=O)(=O)c1ccc(Sc2ccc(S(=O)(=O)C(F)(F)C(F)(F)C(F)(F)S(=O)(=O)[O-])c(F)c2)cc1F.[Li+].[Li+]. The molecule has 0 radical (unpaired) electrons. The van der Waals surface area contributed by atoms with Crippen LogP contribution in [0.15, 0.2) is 56.0 Å². The van der Waals surface area contributed by atoms with Crippen LogP contribution in [0, 0.1) is 11.6 Å². The second-order valence-electron chi connectivity index (χ2n) is 8.42. The summed E-state index contributed by atoms with van der Waals surface area (Å²) < 4.78 is 304. The van der Waals surface area contributed by atoms with Gasteiger partial charge in [0.2, 0.25) is 0 Å². The molecular formula is C18H6F14Li2O10S5. The molecule has 49 heavy (non-hydrogen) atoms. The Morgan fingerprint density at radius 2 is 0.714 bits per heavy atom. The predicted molar refractivity (Wildman–Crippen MR) is 120 cm³/mol. The summed E-state index contributed by atoms with van der Waals surface area (Å²) in [5.74, 6) is -20.0. The van der Waals surface area contributed by atoms with Gasteiger partial charge in [0.05, 0.1) is 0 Å². The summed E-state index contributed by atoms with van der Waals surface area (Å²) in [7, 11) is -30.1. The molecule has 10 nitrogen and oxygen atoms in total. The van der Waals surface area contributed by atoms with Crippen LogP contribution in [-0.4, -0.2) is 75.6 Å². The number of rotatable bonds is 12. The number of sulfone groups is 2. The van der Waals surface area contributed by atoms with Crippen molar-refractivity contribution in [2.75, 3.05) is 0 Å². The minimum atomic E-state index is -7.67. The van der Waals surface area contributed by atoms with Crippen LogP contribution in [0.4, 0.5) is 61.5 Å². The van der Waals surface area contributed by atoms with Crippen molar-refractivity contribution in [2.45, 2.75) is 52.4 Å². The van der Waals surface area contributed by atoms with Gasteiger partial charge in [-0.2, -0.15) is 52.7 Å². The van der Waals surface area contributed by atoms with E-state index in [0.717, 1.165) is 0 Å². The van der Waals surface area contributed by atoms with Gasteiger partial charge < -0.3 is 9.11 Å². The fourth-order valence-electron chi connectivity index (χ4n) is 2.93. The van der Waals surface area contributed by atoms with Crippen molar-refractivity contribution in [1.82, 2.24) is 0 Å². The van der Waals surface area contributed by atoms with Crippen LogP contribution in [0.2, 0.25) is 0 Å². The van der Waals surface area contributed by atoms with Gasteiger partial charge in [-0.25, -0.2) is 42.5 Å². The first-order valence-electron chi connectivity index (χ1n) is 10.4. The molecule has 268 valence electrons. The van der Waals surface area contributed by atoms with Gasteiger partial charge in [0, 0.05) is 9.79 Å². The van der Waals surface area contributed by atoms with Crippen molar-refractivity contribution in [1.29, 1.82) is 0 Å². The maximum absolute atomic E-state index is 14.4. The molecule has 0 saturated carbocycles. The van der Waals surface area contributed by atoms with Gasteiger partial charge in [-0.1, -0.05) is 11.8 Å². The summed E-state index contributed by atoms with van der Waals surface area (Å²) >= 11 is -0.126. The Hall–Kier alpha value is -1.28. The number of hydrogen-bond acceptors (Lipinski definition) is 11. The van der Waals surface area contributed by atoms with Crippen molar-refractivity contribution >= 4 is 51.7 Å². The van der Waals surface area contributed by atoms with Gasteiger partial charge >= 0.3 is 70.6 Å². The smallest absolute Gasteiger partial charge is 0.743 e. The van der Waals surface area contributed by atoms with E-state index in [1.807, 2.05) is 0 Å². The normalized spacial score (nSPS) is 14.5. The van der Waals surface area contributed by atoms with Crippen molar-refractivity contribution in [3.63, 3.8) is 0 Å². The molecule has 0 amide bonds. The van der Waals surface area contributed by atoms with E-state index in [9.17, 15) is 104 Å². The number of halogens is 14. The molecule has 0 atom stereocenters. The molecule has 0 saturated heterocycles. The second kappa shape index (κ2) is 13.9. The Bertz CT molecular complexity index is 1900. The van der Waals surface area contributed by atoms with Crippen molar-refractivity contribution in [2.24, 2.45) is 0 Å². The number of benzene rings is 2. The average molecular weight is 822 g/mol. The van der Waals surface area contributed by atoms with E-state index in [1.54, 1.807) is 0 Å². The molecule has 0 aromatic heterocycles. The molecule has 0 aliphatic rings. The fraction of sp³-hybridized carbons (Fsp3) is 0.333. The zero-order valence-corrected chi connectivity index (χ0v) is 27.0. The van der Waals surface area contributed by atoms with Gasteiger partial charge in [0.1, 0.15) is 21.4 Å². The molecule has 0 aliphatic carbocycles. The van der Waals surface area contributed by atoms with Crippen LogP contribution in [0.25, 0.3) is 0 Å². The second-order valence-corrected chi connectivity index (χ2v) is 16.3. The topological polar surface area (TPSA) is 183 Å². The summed E-state index contributed by atoms with van der Waals surface area (Å²) in [5, 5.41) is -29.0.